The van der Waals surface area contributed by atoms with Gasteiger partial charge >= 0.3 is 0 Å². The highest BCUT2D eigenvalue weighted by Crippen LogP contribution is 2.21. The molecule has 6 heteroatoms. The van der Waals surface area contributed by atoms with Gasteiger partial charge in [-0.2, -0.15) is 0 Å². The number of methoxy groups -OCH3 is 1. The first-order valence-corrected chi connectivity index (χ1v) is 3.95. The number of aliphatic hydroxyl groups is 4. The predicted molar refractivity (Wildman–Crippen MR) is 40.8 cm³/mol. The van der Waals surface area contributed by atoms with E-state index in [2.05, 4.69) is 0 Å². The molecule has 0 radical (unpaired) electrons. The lowest BCUT2D eigenvalue weighted by molar-refractivity contribution is -0.291. The summed E-state index contributed by atoms with van der Waals surface area (Å²) in [7, 11) is 1.28. The fraction of sp³-hybridized carbons (Fsp3) is 1.00. The molecule has 0 spiro atoms. The van der Waals surface area contributed by atoms with Crippen molar-refractivity contribution in [2.75, 3.05) is 13.7 Å². The number of ether oxygens (including phenoxy) is 2. The van der Waals surface area contributed by atoms with E-state index in [4.69, 9.17) is 14.6 Å². The molecule has 1 fully saturated rings. The van der Waals surface area contributed by atoms with Crippen molar-refractivity contribution in [1.29, 1.82) is 0 Å². The van der Waals surface area contributed by atoms with Crippen molar-refractivity contribution in [2.45, 2.75) is 30.7 Å². The molecule has 0 bridgehead atoms. The third kappa shape index (κ3) is 1.98. The Labute approximate surface area is 75.3 Å². The lowest BCUT2D eigenvalue weighted by atomic mass is 9.99. The van der Waals surface area contributed by atoms with Crippen LogP contribution >= 0.6 is 0 Å². The van der Waals surface area contributed by atoms with Gasteiger partial charge in [0.2, 0.25) is 0 Å². The van der Waals surface area contributed by atoms with Crippen LogP contribution in [0.4, 0.5) is 0 Å². The summed E-state index contributed by atoms with van der Waals surface area (Å²) in [4.78, 5) is 0. The van der Waals surface area contributed by atoms with Gasteiger partial charge in [-0.25, -0.2) is 0 Å². The van der Waals surface area contributed by atoms with E-state index < -0.39 is 37.3 Å². The van der Waals surface area contributed by atoms with Gasteiger partial charge < -0.3 is 29.9 Å². The zero-order valence-corrected chi connectivity index (χ0v) is 7.20. The topological polar surface area (TPSA) is 99.4 Å². The Morgan fingerprint density at radius 1 is 1.23 bits per heavy atom. The summed E-state index contributed by atoms with van der Waals surface area (Å²) in [6.07, 6.45) is -5.81. The van der Waals surface area contributed by atoms with E-state index in [1.807, 2.05) is 0 Å². The molecule has 0 aromatic carbocycles. The van der Waals surface area contributed by atoms with Crippen molar-refractivity contribution < 1.29 is 29.9 Å². The maximum Gasteiger partial charge on any atom is 0.184 e. The minimum Gasteiger partial charge on any atom is -0.394 e. The molecule has 0 amide bonds. The van der Waals surface area contributed by atoms with Crippen LogP contribution in [0.1, 0.15) is 0 Å². The van der Waals surface area contributed by atoms with E-state index in [9.17, 15) is 15.3 Å². The SMILES string of the molecule is CO[C@H]1[C@@H](O)[C@@H](O)[C@@H](CO)O[C@H]1O. The van der Waals surface area contributed by atoms with E-state index in [1.54, 1.807) is 0 Å². The molecule has 0 aromatic rings. The zero-order valence-electron chi connectivity index (χ0n) is 7.20. The van der Waals surface area contributed by atoms with Gasteiger partial charge in [0.15, 0.2) is 6.29 Å². The molecule has 13 heavy (non-hydrogen) atoms. The van der Waals surface area contributed by atoms with E-state index in [-0.39, 0.29) is 0 Å². The summed E-state index contributed by atoms with van der Waals surface area (Å²) in [5, 5.41) is 36.7. The van der Waals surface area contributed by atoms with E-state index in [0.29, 0.717) is 0 Å². The van der Waals surface area contributed by atoms with Crippen molar-refractivity contribution in [1.82, 2.24) is 0 Å². The third-order valence-electron chi connectivity index (χ3n) is 2.11. The summed E-state index contributed by atoms with van der Waals surface area (Å²) in [5.41, 5.74) is 0. The van der Waals surface area contributed by atoms with Gasteiger partial charge in [-0.3, -0.25) is 0 Å². The van der Waals surface area contributed by atoms with Crippen LogP contribution < -0.4 is 0 Å². The molecule has 1 aliphatic rings. The molecule has 0 aliphatic carbocycles. The molecule has 6 nitrogen and oxygen atoms in total. The number of aliphatic hydroxyl groups excluding tert-OH is 4. The second kappa shape index (κ2) is 4.32. The predicted octanol–water partition coefficient (Wildman–Crippen LogP) is -2.57. The Balaban J connectivity index is 2.66. The van der Waals surface area contributed by atoms with Crippen LogP contribution in [0.3, 0.4) is 0 Å². The van der Waals surface area contributed by atoms with Crippen molar-refractivity contribution in [2.24, 2.45) is 0 Å². The summed E-state index contributed by atoms with van der Waals surface area (Å²) < 4.78 is 9.50. The summed E-state index contributed by atoms with van der Waals surface area (Å²) in [5.74, 6) is 0. The highest BCUT2D eigenvalue weighted by Gasteiger charge is 2.43. The first kappa shape index (κ1) is 10.8. The van der Waals surface area contributed by atoms with Crippen molar-refractivity contribution in [3.8, 4) is 0 Å². The van der Waals surface area contributed by atoms with Crippen molar-refractivity contribution in [3.63, 3.8) is 0 Å². The van der Waals surface area contributed by atoms with Crippen LogP contribution in [0, 0.1) is 0 Å². The second-order valence-electron chi connectivity index (χ2n) is 2.93. The molecule has 1 heterocycles. The van der Waals surface area contributed by atoms with Gasteiger partial charge in [0.1, 0.15) is 24.4 Å². The lowest BCUT2D eigenvalue weighted by Crippen LogP contribution is -2.59. The number of rotatable bonds is 2. The molecule has 0 unspecified atom stereocenters. The van der Waals surface area contributed by atoms with Gasteiger partial charge in [0, 0.05) is 7.11 Å². The van der Waals surface area contributed by atoms with Crippen molar-refractivity contribution in [3.05, 3.63) is 0 Å². The quantitative estimate of drug-likeness (QED) is 0.386. The molecule has 0 aromatic heterocycles. The first-order valence-electron chi connectivity index (χ1n) is 3.95. The van der Waals surface area contributed by atoms with Gasteiger partial charge in [-0.15, -0.1) is 0 Å². The standard InChI is InChI=1S/C7H14O6/c1-12-6-5(10)4(9)3(2-8)13-7(6)11/h3-11H,2H2,1H3/t3-,4+,5+,6+,7-/m1/s1. The fourth-order valence-electron chi connectivity index (χ4n) is 1.33. The molecular weight excluding hydrogens is 180 g/mol. The van der Waals surface area contributed by atoms with Crippen LogP contribution in [-0.4, -0.2) is 64.8 Å². The molecule has 1 aliphatic heterocycles. The second-order valence-corrected chi connectivity index (χ2v) is 2.93. The lowest BCUT2D eigenvalue weighted by Gasteiger charge is -2.39. The Morgan fingerprint density at radius 2 is 1.85 bits per heavy atom. The van der Waals surface area contributed by atoms with E-state index in [0.717, 1.165) is 0 Å². The van der Waals surface area contributed by atoms with Gasteiger partial charge in [-0.1, -0.05) is 0 Å². The normalized spacial score (nSPS) is 46.4. The van der Waals surface area contributed by atoms with Crippen LogP contribution in [0.5, 0.6) is 0 Å². The van der Waals surface area contributed by atoms with Crippen LogP contribution in [0.15, 0.2) is 0 Å². The van der Waals surface area contributed by atoms with Gasteiger partial charge in [0.25, 0.3) is 0 Å². The summed E-state index contributed by atoms with van der Waals surface area (Å²) in [6, 6.07) is 0. The number of hydrogen-bond acceptors (Lipinski definition) is 6. The van der Waals surface area contributed by atoms with Gasteiger partial charge in [0.05, 0.1) is 6.61 Å². The molecule has 78 valence electrons. The highest BCUT2D eigenvalue weighted by molar-refractivity contribution is 4.88. The molecule has 1 saturated heterocycles. The minimum absolute atomic E-state index is 0.467. The first-order chi connectivity index (χ1) is 6.11. The number of hydrogen-bond donors (Lipinski definition) is 4. The average Bonchev–Trinajstić information content (AvgIpc) is 2.12. The Hall–Kier alpha value is -0.240. The minimum atomic E-state index is -1.33. The van der Waals surface area contributed by atoms with E-state index >= 15 is 0 Å². The van der Waals surface area contributed by atoms with E-state index in [1.165, 1.54) is 7.11 Å². The molecular formula is C7H14O6. The van der Waals surface area contributed by atoms with Crippen LogP contribution in [-0.2, 0) is 9.47 Å². The Morgan fingerprint density at radius 3 is 2.31 bits per heavy atom. The molecule has 1 rings (SSSR count). The molecule has 0 saturated carbocycles. The zero-order chi connectivity index (χ0) is 10.0. The van der Waals surface area contributed by atoms with Crippen molar-refractivity contribution >= 4 is 0 Å². The maximum absolute atomic E-state index is 9.38. The smallest absolute Gasteiger partial charge is 0.184 e. The largest absolute Gasteiger partial charge is 0.394 e. The fourth-order valence-corrected chi connectivity index (χ4v) is 1.33. The van der Waals surface area contributed by atoms with Crippen LogP contribution in [0.25, 0.3) is 0 Å². The highest BCUT2D eigenvalue weighted by atomic mass is 16.7. The Kier molecular flexibility index (Phi) is 3.60. The monoisotopic (exact) mass is 194 g/mol. The van der Waals surface area contributed by atoms with Gasteiger partial charge in [-0.05, 0) is 0 Å². The summed E-state index contributed by atoms with van der Waals surface area (Å²) >= 11 is 0. The molecule has 5 atom stereocenters. The summed E-state index contributed by atoms with van der Waals surface area (Å²) in [6.45, 7) is -0.467. The maximum atomic E-state index is 9.38. The van der Waals surface area contributed by atoms with Crippen LogP contribution in [0.2, 0.25) is 0 Å². The third-order valence-corrected chi connectivity index (χ3v) is 2.11. The Bertz CT molecular complexity index is 163. The molecule has 4 N–H and O–H groups in total. The average molecular weight is 194 g/mol.